The fraction of sp³-hybridized carbons (Fsp3) is 0.714. The first kappa shape index (κ1) is 15.7. The summed E-state index contributed by atoms with van der Waals surface area (Å²) in [7, 11) is 1.94. The Balaban J connectivity index is 3.05. The molecule has 1 unspecified atom stereocenters. The first-order valence-corrected chi connectivity index (χ1v) is 6.96. The maximum absolute atomic E-state index is 9.26. The minimum atomic E-state index is 0.0361. The average molecular weight is 266 g/mol. The van der Waals surface area contributed by atoms with Gasteiger partial charge in [0.1, 0.15) is 17.5 Å². The molecule has 0 aliphatic heterocycles. The van der Waals surface area contributed by atoms with Gasteiger partial charge in [0.25, 0.3) is 0 Å². The van der Waals surface area contributed by atoms with E-state index in [1.807, 2.05) is 24.9 Å². The molecule has 0 bridgehead atoms. The lowest BCUT2D eigenvalue weighted by molar-refractivity contribution is 0.269. The number of nitrogens with zero attached hydrogens (tertiary/aromatic N) is 3. The van der Waals surface area contributed by atoms with Gasteiger partial charge in [0.05, 0.1) is 12.6 Å². The highest BCUT2D eigenvalue weighted by molar-refractivity contribution is 5.49. The number of hydrogen-bond donors (Lipinski definition) is 2. The summed E-state index contributed by atoms with van der Waals surface area (Å²) in [6, 6.07) is 1.97. The molecule has 19 heavy (non-hydrogen) atoms. The van der Waals surface area contributed by atoms with Crippen LogP contribution in [0.4, 0.5) is 11.6 Å². The molecule has 0 spiro atoms. The van der Waals surface area contributed by atoms with Crippen molar-refractivity contribution in [3.05, 3.63) is 11.9 Å². The first-order valence-electron chi connectivity index (χ1n) is 6.96. The molecule has 2 N–H and O–H groups in total. The highest BCUT2D eigenvalue weighted by Gasteiger charge is 2.14. The molecule has 1 atom stereocenters. The molecule has 0 aliphatic rings. The average Bonchev–Trinajstić information content (AvgIpc) is 2.42. The monoisotopic (exact) mass is 266 g/mol. The lowest BCUT2D eigenvalue weighted by atomic mass is 10.2. The number of nitrogens with one attached hydrogen (secondary N) is 1. The second-order valence-corrected chi connectivity index (χ2v) is 5.19. The molecular weight excluding hydrogens is 240 g/mol. The molecule has 108 valence electrons. The van der Waals surface area contributed by atoms with Crippen LogP contribution in [0.5, 0.6) is 0 Å². The molecule has 1 aromatic heterocycles. The van der Waals surface area contributed by atoms with Gasteiger partial charge < -0.3 is 15.3 Å². The number of likely N-dealkylation sites (N-methyl/N-ethyl adjacent to an activating group) is 1. The van der Waals surface area contributed by atoms with E-state index in [4.69, 9.17) is 0 Å². The summed E-state index contributed by atoms with van der Waals surface area (Å²) in [5.41, 5.74) is 0. The lowest BCUT2D eigenvalue weighted by Crippen LogP contribution is -2.32. The Labute approximate surface area is 116 Å². The number of hydrogen-bond acceptors (Lipinski definition) is 5. The highest BCUT2D eigenvalue weighted by atomic mass is 16.3. The summed E-state index contributed by atoms with van der Waals surface area (Å²) in [5, 5.41) is 12.6. The van der Waals surface area contributed by atoms with E-state index >= 15 is 0 Å². The Kier molecular flexibility index (Phi) is 6.02. The Morgan fingerprint density at radius 3 is 2.53 bits per heavy atom. The van der Waals surface area contributed by atoms with E-state index in [1.165, 1.54) is 0 Å². The Morgan fingerprint density at radius 1 is 1.32 bits per heavy atom. The quantitative estimate of drug-likeness (QED) is 0.792. The van der Waals surface area contributed by atoms with Gasteiger partial charge in [0.15, 0.2) is 0 Å². The maximum Gasteiger partial charge on any atom is 0.135 e. The predicted octanol–water partition coefficient (Wildman–Crippen LogP) is 2.24. The van der Waals surface area contributed by atoms with Crippen LogP contribution in [0.3, 0.4) is 0 Å². The number of anilines is 2. The fourth-order valence-corrected chi connectivity index (χ4v) is 1.58. The SMILES string of the molecule is CCCNc1cc(N(C)C(C)CO)nc(C(C)C)n1. The zero-order valence-electron chi connectivity index (χ0n) is 12.6. The zero-order valence-corrected chi connectivity index (χ0v) is 12.6. The van der Waals surface area contributed by atoms with E-state index < -0.39 is 0 Å². The molecule has 0 saturated heterocycles. The number of aliphatic hydroxyl groups is 1. The van der Waals surface area contributed by atoms with Gasteiger partial charge in [-0.1, -0.05) is 20.8 Å². The molecule has 0 aliphatic carbocycles. The van der Waals surface area contributed by atoms with Crippen molar-refractivity contribution in [3.63, 3.8) is 0 Å². The van der Waals surface area contributed by atoms with Gasteiger partial charge in [-0.2, -0.15) is 0 Å². The summed E-state index contributed by atoms with van der Waals surface area (Å²) < 4.78 is 0. The smallest absolute Gasteiger partial charge is 0.135 e. The van der Waals surface area contributed by atoms with E-state index in [9.17, 15) is 5.11 Å². The molecule has 0 radical (unpaired) electrons. The predicted molar refractivity (Wildman–Crippen MR) is 79.9 cm³/mol. The van der Waals surface area contributed by atoms with Gasteiger partial charge >= 0.3 is 0 Å². The normalized spacial score (nSPS) is 12.6. The third-order valence-corrected chi connectivity index (χ3v) is 3.09. The summed E-state index contributed by atoms with van der Waals surface area (Å²) in [6.45, 7) is 9.26. The van der Waals surface area contributed by atoms with Crippen LogP contribution in [-0.2, 0) is 0 Å². The van der Waals surface area contributed by atoms with Crippen LogP contribution >= 0.6 is 0 Å². The Bertz CT molecular complexity index is 395. The highest BCUT2D eigenvalue weighted by Crippen LogP contribution is 2.20. The fourth-order valence-electron chi connectivity index (χ4n) is 1.58. The molecule has 0 saturated carbocycles. The van der Waals surface area contributed by atoms with Gasteiger partial charge in [0.2, 0.25) is 0 Å². The number of aromatic nitrogens is 2. The van der Waals surface area contributed by atoms with Crippen LogP contribution in [-0.4, -0.2) is 41.3 Å². The van der Waals surface area contributed by atoms with Crippen molar-refractivity contribution < 1.29 is 5.11 Å². The topological polar surface area (TPSA) is 61.3 Å². The molecule has 1 heterocycles. The van der Waals surface area contributed by atoms with Crippen LogP contribution in [0.2, 0.25) is 0 Å². The van der Waals surface area contributed by atoms with Crippen molar-refractivity contribution >= 4 is 11.6 Å². The lowest BCUT2D eigenvalue weighted by Gasteiger charge is -2.25. The first-order chi connectivity index (χ1) is 8.99. The summed E-state index contributed by atoms with van der Waals surface area (Å²) in [4.78, 5) is 11.1. The van der Waals surface area contributed by atoms with Crippen LogP contribution in [0.15, 0.2) is 6.07 Å². The van der Waals surface area contributed by atoms with E-state index in [-0.39, 0.29) is 18.6 Å². The molecule has 1 aromatic rings. The minimum absolute atomic E-state index is 0.0361. The van der Waals surface area contributed by atoms with E-state index in [2.05, 4.69) is 36.1 Å². The minimum Gasteiger partial charge on any atom is -0.394 e. The largest absolute Gasteiger partial charge is 0.394 e. The van der Waals surface area contributed by atoms with E-state index in [0.29, 0.717) is 0 Å². The molecule has 1 rings (SSSR count). The van der Waals surface area contributed by atoms with Crippen LogP contribution in [0.25, 0.3) is 0 Å². The third-order valence-electron chi connectivity index (χ3n) is 3.09. The second kappa shape index (κ2) is 7.28. The van der Waals surface area contributed by atoms with Crippen molar-refractivity contribution in [2.75, 3.05) is 30.4 Å². The van der Waals surface area contributed by atoms with Crippen molar-refractivity contribution in [2.24, 2.45) is 0 Å². The number of aliphatic hydroxyl groups excluding tert-OH is 1. The maximum atomic E-state index is 9.26. The van der Waals surface area contributed by atoms with Gasteiger partial charge in [0, 0.05) is 25.6 Å². The molecule has 0 fully saturated rings. The second-order valence-electron chi connectivity index (χ2n) is 5.19. The Hall–Kier alpha value is -1.36. The van der Waals surface area contributed by atoms with Gasteiger partial charge in [-0.15, -0.1) is 0 Å². The molecular formula is C14H26N4O. The summed E-state index contributed by atoms with van der Waals surface area (Å²) in [5.74, 6) is 2.81. The Morgan fingerprint density at radius 2 is 2.00 bits per heavy atom. The third kappa shape index (κ3) is 4.35. The van der Waals surface area contributed by atoms with Crippen LogP contribution in [0, 0.1) is 0 Å². The molecule has 0 aromatic carbocycles. The standard InChI is InChI=1S/C14H26N4O/c1-6-7-15-12-8-13(18(5)11(4)9-19)17-14(16-12)10(2)3/h8,10-11,19H,6-7,9H2,1-5H3,(H,15,16,17). The molecule has 0 amide bonds. The molecule has 5 heteroatoms. The number of rotatable bonds is 7. The van der Waals surface area contributed by atoms with E-state index in [1.54, 1.807) is 0 Å². The van der Waals surface area contributed by atoms with E-state index in [0.717, 1.165) is 30.4 Å². The van der Waals surface area contributed by atoms with Crippen LogP contribution in [0.1, 0.15) is 45.9 Å². The summed E-state index contributed by atoms with van der Waals surface area (Å²) in [6.07, 6.45) is 1.05. The molecule has 5 nitrogen and oxygen atoms in total. The zero-order chi connectivity index (χ0) is 14.4. The van der Waals surface area contributed by atoms with Crippen molar-refractivity contribution in [1.82, 2.24) is 9.97 Å². The van der Waals surface area contributed by atoms with Crippen molar-refractivity contribution in [2.45, 2.75) is 46.1 Å². The van der Waals surface area contributed by atoms with Crippen molar-refractivity contribution in [1.29, 1.82) is 0 Å². The van der Waals surface area contributed by atoms with Crippen LogP contribution < -0.4 is 10.2 Å². The van der Waals surface area contributed by atoms with Gasteiger partial charge in [-0.25, -0.2) is 9.97 Å². The summed E-state index contributed by atoms with van der Waals surface area (Å²) >= 11 is 0. The van der Waals surface area contributed by atoms with Gasteiger partial charge in [-0.05, 0) is 13.3 Å². The van der Waals surface area contributed by atoms with Crippen molar-refractivity contribution in [3.8, 4) is 0 Å². The van der Waals surface area contributed by atoms with Gasteiger partial charge in [-0.3, -0.25) is 0 Å².